The first-order valence-corrected chi connectivity index (χ1v) is 11.9. The quantitative estimate of drug-likeness (QED) is 0.343. The smallest absolute Gasteiger partial charge is 0.270 e. The molecule has 0 aliphatic heterocycles. The maximum atomic E-state index is 14.2. The molecule has 0 fully saturated rings. The van der Waals surface area contributed by atoms with E-state index in [0.29, 0.717) is 37.4 Å². The molecule has 0 spiro atoms. The SMILES string of the molecule is CCCCCCNC(=O)c1csc(CN(Cc2ccc(F)cc2)Cc2ccccc2F)n1. The van der Waals surface area contributed by atoms with Crippen LogP contribution in [0.15, 0.2) is 53.9 Å². The largest absolute Gasteiger partial charge is 0.351 e. The van der Waals surface area contributed by atoms with Crippen molar-refractivity contribution in [2.75, 3.05) is 6.54 Å². The van der Waals surface area contributed by atoms with Crippen molar-refractivity contribution in [3.05, 3.63) is 87.4 Å². The predicted octanol–water partition coefficient (Wildman–Crippen LogP) is 5.93. The van der Waals surface area contributed by atoms with Crippen molar-refractivity contribution in [3.8, 4) is 0 Å². The number of nitrogens with one attached hydrogen (secondary N) is 1. The summed E-state index contributed by atoms with van der Waals surface area (Å²) in [5, 5.41) is 5.46. The molecule has 0 aliphatic rings. The number of amides is 1. The van der Waals surface area contributed by atoms with Gasteiger partial charge in [0.05, 0.1) is 6.54 Å². The van der Waals surface area contributed by atoms with Gasteiger partial charge >= 0.3 is 0 Å². The molecule has 0 saturated carbocycles. The third kappa shape index (κ3) is 7.50. The zero-order chi connectivity index (χ0) is 22.8. The number of carbonyl (C=O) groups is 1. The van der Waals surface area contributed by atoms with E-state index in [1.165, 1.54) is 36.0 Å². The Morgan fingerprint density at radius 1 is 1.00 bits per heavy atom. The van der Waals surface area contributed by atoms with Crippen molar-refractivity contribution >= 4 is 17.2 Å². The molecule has 1 N–H and O–H groups in total. The number of carbonyl (C=O) groups excluding carboxylic acids is 1. The van der Waals surface area contributed by atoms with E-state index in [0.717, 1.165) is 29.8 Å². The fraction of sp³-hybridized carbons (Fsp3) is 0.360. The fourth-order valence-corrected chi connectivity index (χ4v) is 4.22. The topological polar surface area (TPSA) is 45.2 Å². The van der Waals surface area contributed by atoms with E-state index in [9.17, 15) is 13.6 Å². The number of hydrogen-bond acceptors (Lipinski definition) is 4. The van der Waals surface area contributed by atoms with Gasteiger partial charge in [-0.3, -0.25) is 9.69 Å². The first-order valence-electron chi connectivity index (χ1n) is 11.0. The highest BCUT2D eigenvalue weighted by atomic mass is 32.1. The Labute approximate surface area is 192 Å². The lowest BCUT2D eigenvalue weighted by molar-refractivity contribution is 0.0948. The summed E-state index contributed by atoms with van der Waals surface area (Å²) in [5.41, 5.74) is 1.91. The third-order valence-corrected chi connectivity index (χ3v) is 5.96. The Morgan fingerprint density at radius 3 is 2.53 bits per heavy atom. The van der Waals surface area contributed by atoms with Crippen LogP contribution in [-0.4, -0.2) is 22.3 Å². The summed E-state index contributed by atoms with van der Waals surface area (Å²) in [7, 11) is 0. The van der Waals surface area contributed by atoms with Crippen LogP contribution in [0.3, 0.4) is 0 Å². The monoisotopic (exact) mass is 457 g/mol. The summed E-state index contributed by atoms with van der Waals surface area (Å²) in [6, 6.07) is 13.0. The summed E-state index contributed by atoms with van der Waals surface area (Å²) < 4.78 is 27.5. The molecule has 0 bridgehead atoms. The molecule has 0 atom stereocenters. The molecule has 0 radical (unpaired) electrons. The van der Waals surface area contributed by atoms with E-state index in [1.807, 2.05) is 4.90 Å². The molecule has 0 aliphatic carbocycles. The lowest BCUT2D eigenvalue weighted by Gasteiger charge is -2.22. The summed E-state index contributed by atoms with van der Waals surface area (Å²) in [4.78, 5) is 18.9. The molecule has 3 aromatic rings. The van der Waals surface area contributed by atoms with Gasteiger partial charge in [0.1, 0.15) is 22.3 Å². The highest BCUT2D eigenvalue weighted by Gasteiger charge is 2.15. The Balaban J connectivity index is 1.65. The summed E-state index contributed by atoms with van der Waals surface area (Å²) in [5.74, 6) is -0.721. The second-order valence-corrected chi connectivity index (χ2v) is 8.75. The molecule has 1 heterocycles. The van der Waals surface area contributed by atoms with Crippen molar-refractivity contribution in [2.24, 2.45) is 0 Å². The molecule has 170 valence electrons. The molecule has 1 amide bonds. The van der Waals surface area contributed by atoms with Crippen LogP contribution in [-0.2, 0) is 19.6 Å². The van der Waals surface area contributed by atoms with Gasteiger partial charge in [0.2, 0.25) is 0 Å². The lowest BCUT2D eigenvalue weighted by Crippen LogP contribution is -2.25. The first-order chi connectivity index (χ1) is 15.5. The van der Waals surface area contributed by atoms with E-state index in [-0.39, 0.29) is 17.5 Å². The maximum Gasteiger partial charge on any atom is 0.270 e. The minimum Gasteiger partial charge on any atom is -0.351 e. The van der Waals surface area contributed by atoms with Crippen LogP contribution in [0.25, 0.3) is 0 Å². The van der Waals surface area contributed by atoms with Gasteiger partial charge in [-0.2, -0.15) is 0 Å². The van der Waals surface area contributed by atoms with Gasteiger partial charge in [-0.15, -0.1) is 11.3 Å². The van der Waals surface area contributed by atoms with Crippen LogP contribution in [0, 0.1) is 11.6 Å². The van der Waals surface area contributed by atoms with Gasteiger partial charge in [-0.05, 0) is 30.2 Å². The number of thiazole rings is 1. The zero-order valence-corrected chi connectivity index (χ0v) is 19.1. The van der Waals surface area contributed by atoms with Crippen molar-refractivity contribution in [2.45, 2.75) is 52.2 Å². The Bertz CT molecular complexity index is 991. The molecule has 1 aromatic heterocycles. The van der Waals surface area contributed by atoms with E-state index in [1.54, 1.807) is 35.7 Å². The molecule has 32 heavy (non-hydrogen) atoms. The molecular weight excluding hydrogens is 428 g/mol. The van der Waals surface area contributed by atoms with Gasteiger partial charge in [-0.25, -0.2) is 13.8 Å². The van der Waals surface area contributed by atoms with Gasteiger partial charge in [0.25, 0.3) is 5.91 Å². The van der Waals surface area contributed by atoms with Gasteiger partial charge < -0.3 is 5.32 Å². The van der Waals surface area contributed by atoms with Crippen molar-refractivity contribution in [1.82, 2.24) is 15.2 Å². The summed E-state index contributed by atoms with van der Waals surface area (Å²) >= 11 is 1.41. The standard InChI is InChI=1S/C25H29F2N3OS/c1-2-3-4-7-14-28-25(31)23-18-32-24(29-23)17-30(15-19-10-12-21(26)13-11-19)16-20-8-5-6-9-22(20)27/h5-6,8-13,18H,2-4,7,14-17H2,1H3,(H,28,31). The zero-order valence-electron chi connectivity index (χ0n) is 18.3. The number of unbranched alkanes of at least 4 members (excludes halogenated alkanes) is 3. The van der Waals surface area contributed by atoms with Crippen molar-refractivity contribution < 1.29 is 13.6 Å². The van der Waals surface area contributed by atoms with Gasteiger partial charge in [0, 0.05) is 30.6 Å². The molecule has 3 rings (SSSR count). The second kappa shape index (κ2) is 12.4. The molecule has 0 unspecified atom stereocenters. The average Bonchev–Trinajstić information content (AvgIpc) is 3.25. The number of nitrogens with zero attached hydrogens (tertiary/aromatic N) is 2. The summed E-state index contributed by atoms with van der Waals surface area (Å²) in [6.07, 6.45) is 4.39. The van der Waals surface area contributed by atoms with Gasteiger partial charge in [-0.1, -0.05) is 56.5 Å². The minimum atomic E-state index is -0.292. The highest BCUT2D eigenvalue weighted by Crippen LogP contribution is 2.19. The van der Waals surface area contributed by atoms with Crippen LogP contribution in [0.1, 0.15) is 59.2 Å². The van der Waals surface area contributed by atoms with E-state index in [4.69, 9.17) is 0 Å². The number of rotatable bonds is 12. The normalized spacial score (nSPS) is 11.1. The number of benzene rings is 2. The molecule has 0 saturated heterocycles. The second-order valence-electron chi connectivity index (χ2n) is 7.81. The third-order valence-electron chi connectivity index (χ3n) is 5.13. The average molecular weight is 458 g/mol. The van der Waals surface area contributed by atoms with Crippen LogP contribution in [0.2, 0.25) is 0 Å². The lowest BCUT2D eigenvalue weighted by atomic mass is 10.1. The molecule has 4 nitrogen and oxygen atoms in total. The maximum absolute atomic E-state index is 14.2. The number of halogens is 2. The Hall–Kier alpha value is -2.64. The number of hydrogen-bond donors (Lipinski definition) is 1. The van der Waals surface area contributed by atoms with Gasteiger partial charge in [0.15, 0.2) is 0 Å². The Morgan fingerprint density at radius 2 is 1.78 bits per heavy atom. The Kier molecular flexibility index (Phi) is 9.31. The van der Waals surface area contributed by atoms with E-state index in [2.05, 4.69) is 17.2 Å². The van der Waals surface area contributed by atoms with Crippen LogP contribution in [0.5, 0.6) is 0 Å². The van der Waals surface area contributed by atoms with E-state index < -0.39 is 0 Å². The molecular formula is C25H29F2N3OS. The van der Waals surface area contributed by atoms with Crippen molar-refractivity contribution in [1.29, 1.82) is 0 Å². The molecule has 7 heteroatoms. The van der Waals surface area contributed by atoms with Crippen LogP contribution >= 0.6 is 11.3 Å². The van der Waals surface area contributed by atoms with Crippen LogP contribution < -0.4 is 5.32 Å². The predicted molar refractivity (Wildman–Crippen MR) is 124 cm³/mol. The molecule has 2 aromatic carbocycles. The highest BCUT2D eigenvalue weighted by molar-refractivity contribution is 7.09. The van der Waals surface area contributed by atoms with Crippen LogP contribution in [0.4, 0.5) is 8.78 Å². The van der Waals surface area contributed by atoms with E-state index >= 15 is 0 Å². The minimum absolute atomic E-state index is 0.164. The fourth-order valence-electron chi connectivity index (χ4n) is 3.41. The number of aromatic nitrogens is 1. The first kappa shape index (κ1) is 24.0. The summed E-state index contributed by atoms with van der Waals surface area (Å²) in [6.45, 7) is 4.15. The van der Waals surface area contributed by atoms with Crippen molar-refractivity contribution in [3.63, 3.8) is 0 Å².